The highest BCUT2D eigenvalue weighted by atomic mass is 15.0. The summed E-state index contributed by atoms with van der Waals surface area (Å²) in [4.78, 5) is 24.5. The van der Waals surface area contributed by atoms with Crippen LogP contribution in [0.25, 0.3) is 90.7 Å². The van der Waals surface area contributed by atoms with Gasteiger partial charge in [0.25, 0.3) is 0 Å². The first-order chi connectivity index (χ1) is 26.7. The molecular weight excluding hydrogens is 661 g/mol. The van der Waals surface area contributed by atoms with E-state index in [0.29, 0.717) is 17.5 Å². The van der Waals surface area contributed by atoms with Gasteiger partial charge in [0.2, 0.25) is 0 Å². The monoisotopic (exact) mass is 696 g/mol. The first kappa shape index (κ1) is 32.8. The van der Waals surface area contributed by atoms with Crippen molar-refractivity contribution in [3.05, 3.63) is 175 Å². The Morgan fingerprint density at radius 1 is 0.611 bits per heavy atom. The maximum Gasteiger partial charge on any atom is 0.164 e. The zero-order chi connectivity index (χ0) is 36.4. The number of aromatic nitrogens is 6. The maximum absolute atomic E-state index is 5.22. The summed E-state index contributed by atoms with van der Waals surface area (Å²) in [5.74, 6) is 1.81. The van der Waals surface area contributed by atoms with Crippen LogP contribution in [-0.4, -0.2) is 29.3 Å². The molecule has 0 aliphatic heterocycles. The van der Waals surface area contributed by atoms with Gasteiger partial charge in [-0.05, 0) is 66.3 Å². The fraction of sp³-hybridized carbons (Fsp3) is 0.0625. The van der Waals surface area contributed by atoms with Crippen LogP contribution in [-0.2, 0) is 0 Å². The molecule has 0 radical (unpaired) electrons. The molecule has 4 aromatic carbocycles. The van der Waals surface area contributed by atoms with E-state index in [4.69, 9.17) is 19.9 Å². The van der Waals surface area contributed by atoms with Crippen LogP contribution < -0.4 is 10.7 Å². The van der Waals surface area contributed by atoms with Gasteiger partial charge in [0.05, 0.1) is 27.4 Å². The normalized spacial score (nSPS) is 12.8. The SMILES string of the molecule is C=C/C=C(\C=C/C)c1ccc(-c2nc(-c3ccc(-c4ccncc4)cc3)nc(-c3ccc(-c4nc5c(n6c4cc4ccccc46)=CCCC=5)cc3)n2)cc1. The van der Waals surface area contributed by atoms with E-state index in [-0.39, 0.29) is 0 Å². The minimum absolute atomic E-state index is 0.602. The molecule has 0 N–H and O–H groups in total. The summed E-state index contributed by atoms with van der Waals surface area (Å²) in [5.41, 5.74) is 11.4. The molecule has 6 nitrogen and oxygen atoms in total. The van der Waals surface area contributed by atoms with Gasteiger partial charge < -0.3 is 4.40 Å². The molecule has 8 aromatic rings. The molecule has 6 heteroatoms. The number of para-hydroxylation sites is 1. The van der Waals surface area contributed by atoms with Crippen LogP contribution in [0.2, 0.25) is 0 Å². The van der Waals surface area contributed by atoms with Crippen LogP contribution in [0.5, 0.6) is 0 Å². The lowest BCUT2D eigenvalue weighted by molar-refractivity contribution is 1.01. The zero-order valence-electron chi connectivity index (χ0n) is 29.9. The van der Waals surface area contributed by atoms with E-state index in [1.54, 1.807) is 18.5 Å². The molecular formula is C48H36N6. The van der Waals surface area contributed by atoms with Gasteiger partial charge in [-0.3, -0.25) is 4.98 Å². The summed E-state index contributed by atoms with van der Waals surface area (Å²) in [5, 5.41) is 3.39. The molecule has 258 valence electrons. The molecule has 0 unspecified atom stereocenters. The third kappa shape index (κ3) is 6.14. The van der Waals surface area contributed by atoms with Gasteiger partial charge in [-0.15, -0.1) is 0 Å². The van der Waals surface area contributed by atoms with Crippen molar-refractivity contribution in [2.75, 3.05) is 0 Å². The lowest BCUT2D eigenvalue weighted by Crippen LogP contribution is -2.36. The highest BCUT2D eigenvalue weighted by Crippen LogP contribution is 2.31. The fourth-order valence-electron chi connectivity index (χ4n) is 7.20. The van der Waals surface area contributed by atoms with Gasteiger partial charge >= 0.3 is 0 Å². The minimum atomic E-state index is 0.602. The van der Waals surface area contributed by atoms with Crippen molar-refractivity contribution >= 4 is 34.1 Å². The Hall–Kier alpha value is -7.05. The predicted octanol–water partition coefficient (Wildman–Crippen LogP) is 9.90. The van der Waals surface area contributed by atoms with Crippen LogP contribution in [0, 0.1) is 0 Å². The van der Waals surface area contributed by atoms with Gasteiger partial charge in [-0.1, -0.05) is 134 Å². The average molecular weight is 697 g/mol. The number of nitrogens with zero attached hydrogens (tertiary/aromatic N) is 6. The largest absolute Gasteiger partial charge is 0.306 e. The molecule has 0 bridgehead atoms. The van der Waals surface area contributed by atoms with Crippen LogP contribution in [0.3, 0.4) is 0 Å². The number of allylic oxidation sites excluding steroid dienone is 5. The molecule has 54 heavy (non-hydrogen) atoms. The van der Waals surface area contributed by atoms with E-state index in [1.807, 2.05) is 31.2 Å². The van der Waals surface area contributed by atoms with Crippen LogP contribution >= 0.6 is 0 Å². The number of pyridine rings is 1. The molecule has 0 saturated carbocycles. The number of fused-ring (bicyclic) bond motifs is 5. The molecule has 4 aromatic heterocycles. The van der Waals surface area contributed by atoms with Gasteiger partial charge in [0, 0.05) is 40.0 Å². The van der Waals surface area contributed by atoms with E-state index in [9.17, 15) is 0 Å². The zero-order valence-corrected chi connectivity index (χ0v) is 29.9. The second kappa shape index (κ2) is 14.2. The number of hydrogen-bond donors (Lipinski definition) is 0. The molecule has 1 aliphatic rings. The number of benzene rings is 4. The summed E-state index contributed by atoms with van der Waals surface area (Å²) in [7, 11) is 0. The topological polar surface area (TPSA) is 68.9 Å². The van der Waals surface area contributed by atoms with E-state index in [2.05, 4.69) is 137 Å². The van der Waals surface area contributed by atoms with Crippen molar-refractivity contribution in [1.29, 1.82) is 0 Å². The third-order valence-corrected chi connectivity index (χ3v) is 9.86. The van der Waals surface area contributed by atoms with E-state index < -0.39 is 0 Å². The lowest BCUT2D eigenvalue weighted by atomic mass is 10.0. The van der Waals surface area contributed by atoms with Crippen molar-refractivity contribution in [3.8, 4) is 56.5 Å². The lowest BCUT2D eigenvalue weighted by Gasteiger charge is -2.11. The molecule has 0 atom stereocenters. The number of hydrogen-bond acceptors (Lipinski definition) is 5. The smallest absolute Gasteiger partial charge is 0.164 e. The second-order valence-corrected chi connectivity index (χ2v) is 13.3. The van der Waals surface area contributed by atoms with Gasteiger partial charge in [0.1, 0.15) is 0 Å². The Labute approximate surface area is 313 Å². The Morgan fingerprint density at radius 3 is 1.83 bits per heavy atom. The molecule has 9 rings (SSSR count). The third-order valence-electron chi connectivity index (χ3n) is 9.86. The Balaban J connectivity index is 1.14. The first-order valence-electron chi connectivity index (χ1n) is 18.2. The molecule has 0 spiro atoms. The molecule has 0 fully saturated rings. The Morgan fingerprint density at radius 2 is 1.19 bits per heavy atom. The summed E-state index contributed by atoms with van der Waals surface area (Å²) in [6, 6.07) is 39.9. The van der Waals surface area contributed by atoms with E-state index in [0.717, 1.165) is 73.9 Å². The summed E-state index contributed by atoms with van der Waals surface area (Å²) in [6.45, 7) is 5.90. The maximum atomic E-state index is 5.22. The molecule has 4 heterocycles. The quantitative estimate of drug-likeness (QED) is 0.148. The van der Waals surface area contributed by atoms with Gasteiger partial charge in [0.15, 0.2) is 17.5 Å². The highest BCUT2D eigenvalue weighted by Gasteiger charge is 2.16. The second-order valence-electron chi connectivity index (χ2n) is 13.3. The molecule has 1 aliphatic carbocycles. The predicted molar refractivity (Wildman–Crippen MR) is 221 cm³/mol. The minimum Gasteiger partial charge on any atom is -0.306 e. The van der Waals surface area contributed by atoms with Crippen molar-refractivity contribution in [3.63, 3.8) is 0 Å². The average Bonchev–Trinajstić information content (AvgIpc) is 3.64. The van der Waals surface area contributed by atoms with Crippen molar-refractivity contribution in [2.24, 2.45) is 0 Å². The summed E-state index contributed by atoms with van der Waals surface area (Å²) in [6.07, 6.45) is 18.1. The van der Waals surface area contributed by atoms with E-state index >= 15 is 0 Å². The standard InChI is InChI=1S/C48H36N6/c1-3-9-32(10-4-2)33-15-21-37(22-16-33)46-51-47(38-23-17-34(18-24-38)35-27-29-49-30-28-35)53-48(52-46)39-25-19-36(20-26-39)45-44-31-40-11-5-7-13-42(40)54(44)43-14-8-6-12-41(43)50-45/h3-5,7,9-31H,1,6,8H2,2H3/b10-4-,32-9+. The molecule has 0 saturated heterocycles. The highest BCUT2D eigenvalue weighted by molar-refractivity contribution is 5.93. The fourth-order valence-corrected chi connectivity index (χ4v) is 7.20. The van der Waals surface area contributed by atoms with Crippen LogP contribution in [0.15, 0.2) is 159 Å². The van der Waals surface area contributed by atoms with Crippen molar-refractivity contribution in [2.45, 2.75) is 19.8 Å². The Bertz CT molecular complexity index is 2870. The van der Waals surface area contributed by atoms with Crippen molar-refractivity contribution < 1.29 is 0 Å². The summed E-state index contributed by atoms with van der Waals surface area (Å²) >= 11 is 0. The van der Waals surface area contributed by atoms with Gasteiger partial charge in [-0.2, -0.15) is 0 Å². The number of rotatable bonds is 8. The molecule has 0 amide bonds. The van der Waals surface area contributed by atoms with Crippen LogP contribution in [0.1, 0.15) is 25.3 Å². The summed E-state index contributed by atoms with van der Waals surface area (Å²) < 4.78 is 2.36. The van der Waals surface area contributed by atoms with E-state index in [1.165, 1.54) is 16.3 Å². The van der Waals surface area contributed by atoms with Crippen molar-refractivity contribution in [1.82, 2.24) is 29.3 Å². The van der Waals surface area contributed by atoms with Crippen LogP contribution in [0.4, 0.5) is 0 Å². The first-order valence-corrected chi connectivity index (χ1v) is 18.2. The Kier molecular flexibility index (Phi) is 8.61. The van der Waals surface area contributed by atoms with Gasteiger partial charge in [-0.25, -0.2) is 19.9 Å².